The number of hydrogen-bond acceptors (Lipinski definition) is 3. The summed E-state index contributed by atoms with van der Waals surface area (Å²) in [7, 11) is 3.40. The van der Waals surface area contributed by atoms with E-state index in [1.807, 2.05) is 6.07 Å². The molecular weight excluding hydrogens is 154 g/mol. The van der Waals surface area contributed by atoms with Gasteiger partial charge in [-0.2, -0.15) is 0 Å². The standard InChI is InChI=1S/C8H6N3O/c1-11-8(12)6-4-2-3-5-7(6)9-10-11/h2-5H,1H2. The Labute approximate surface area is 68.4 Å². The van der Waals surface area contributed by atoms with E-state index in [-0.39, 0.29) is 5.56 Å². The van der Waals surface area contributed by atoms with Crippen molar-refractivity contribution in [3.8, 4) is 0 Å². The molecule has 4 heteroatoms. The molecule has 0 spiro atoms. The normalized spacial score (nSPS) is 10.4. The first-order valence-corrected chi connectivity index (χ1v) is 3.44. The highest BCUT2D eigenvalue weighted by Crippen LogP contribution is 2.02. The highest BCUT2D eigenvalue weighted by Gasteiger charge is 1.99. The first kappa shape index (κ1) is 6.97. The van der Waals surface area contributed by atoms with E-state index >= 15 is 0 Å². The van der Waals surface area contributed by atoms with Gasteiger partial charge < -0.3 is 0 Å². The number of rotatable bonds is 0. The third-order valence-electron chi connectivity index (χ3n) is 1.63. The predicted molar refractivity (Wildman–Crippen MR) is 44.6 cm³/mol. The minimum Gasteiger partial charge on any atom is -0.267 e. The van der Waals surface area contributed by atoms with Crippen LogP contribution in [-0.4, -0.2) is 15.0 Å². The highest BCUT2D eigenvalue weighted by molar-refractivity contribution is 5.76. The molecule has 0 aliphatic heterocycles. The van der Waals surface area contributed by atoms with E-state index in [1.54, 1.807) is 18.2 Å². The molecule has 59 valence electrons. The van der Waals surface area contributed by atoms with Gasteiger partial charge in [0.05, 0.1) is 12.4 Å². The fourth-order valence-electron chi connectivity index (χ4n) is 1.02. The van der Waals surface area contributed by atoms with Crippen molar-refractivity contribution >= 4 is 10.9 Å². The summed E-state index contributed by atoms with van der Waals surface area (Å²) < 4.78 is 0.975. The summed E-state index contributed by atoms with van der Waals surface area (Å²) >= 11 is 0. The van der Waals surface area contributed by atoms with Crippen molar-refractivity contribution in [1.82, 2.24) is 15.0 Å². The van der Waals surface area contributed by atoms with Gasteiger partial charge in [0.2, 0.25) is 0 Å². The van der Waals surface area contributed by atoms with Crippen molar-refractivity contribution in [3.63, 3.8) is 0 Å². The zero-order valence-electron chi connectivity index (χ0n) is 6.27. The minimum absolute atomic E-state index is 0.222. The summed E-state index contributed by atoms with van der Waals surface area (Å²) in [6.07, 6.45) is 0. The Bertz CT molecular complexity index is 475. The number of fused-ring (bicyclic) bond motifs is 1. The van der Waals surface area contributed by atoms with Gasteiger partial charge in [0.15, 0.2) is 0 Å². The highest BCUT2D eigenvalue weighted by atomic mass is 16.1. The van der Waals surface area contributed by atoms with Gasteiger partial charge in [-0.1, -0.05) is 17.3 Å². The first-order valence-electron chi connectivity index (χ1n) is 3.44. The topological polar surface area (TPSA) is 47.8 Å². The van der Waals surface area contributed by atoms with Gasteiger partial charge in [0, 0.05) is 0 Å². The van der Waals surface area contributed by atoms with E-state index in [0.29, 0.717) is 10.9 Å². The largest absolute Gasteiger partial charge is 0.277 e. The Hall–Kier alpha value is -1.71. The lowest BCUT2D eigenvalue weighted by Crippen LogP contribution is -2.19. The van der Waals surface area contributed by atoms with Crippen molar-refractivity contribution in [2.45, 2.75) is 0 Å². The summed E-state index contributed by atoms with van der Waals surface area (Å²) in [5, 5.41) is 7.89. The minimum atomic E-state index is -0.222. The molecule has 0 fully saturated rings. The maximum Gasteiger partial charge on any atom is 0.277 e. The lowest BCUT2D eigenvalue weighted by Gasteiger charge is -1.95. The lowest BCUT2D eigenvalue weighted by atomic mass is 10.2. The molecule has 2 aromatic rings. The molecule has 2 rings (SSSR count). The average molecular weight is 160 g/mol. The van der Waals surface area contributed by atoms with Crippen LogP contribution in [0.15, 0.2) is 29.1 Å². The number of aromatic nitrogens is 3. The van der Waals surface area contributed by atoms with E-state index in [4.69, 9.17) is 0 Å². The van der Waals surface area contributed by atoms with Crippen molar-refractivity contribution in [2.24, 2.45) is 0 Å². The van der Waals surface area contributed by atoms with Crippen LogP contribution >= 0.6 is 0 Å². The Morgan fingerprint density at radius 3 is 2.92 bits per heavy atom. The Balaban J connectivity index is 3.01. The lowest BCUT2D eigenvalue weighted by molar-refractivity contribution is 0.733. The molecule has 0 amide bonds. The summed E-state index contributed by atoms with van der Waals surface area (Å²) in [6.45, 7) is 0. The summed E-state index contributed by atoms with van der Waals surface area (Å²) in [6, 6.07) is 7.03. The molecular formula is C8H6N3O. The molecule has 0 saturated heterocycles. The second kappa shape index (κ2) is 2.41. The molecule has 0 saturated carbocycles. The van der Waals surface area contributed by atoms with Crippen LogP contribution in [0.5, 0.6) is 0 Å². The maximum atomic E-state index is 11.3. The van der Waals surface area contributed by atoms with Crippen LogP contribution in [0.3, 0.4) is 0 Å². The molecule has 4 nitrogen and oxygen atoms in total. The molecule has 1 aromatic carbocycles. The Morgan fingerprint density at radius 1 is 1.33 bits per heavy atom. The number of hydrogen-bond donors (Lipinski definition) is 0. The third kappa shape index (κ3) is 0.887. The molecule has 0 atom stereocenters. The monoisotopic (exact) mass is 160 g/mol. The molecule has 1 heterocycles. The zero-order valence-corrected chi connectivity index (χ0v) is 6.27. The van der Waals surface area contributed by atoms with E-state index in [1.165, 1.54) is 0 Å². The summed E-state index contributed by atoms with van der Waals surface area (Å²) in [4.78, 5) is 11.3. The fourth-order valence-corrected chi connectivity index (χ4v) is 1.02. The van der Waals surface area contributed by atoms with Crippen LogP contribution in [0.2, 0.25) is 0 Å². The SMILES string of the molecule is [CH2]n1nnc2ccccc2c1=O. The van der Waals surface area contributed by atoms with Crippen LogP contribution in [-0.2, 0) is 0 Å². The van der Waals surface area contributed by atoms with E-state index < -0.39 is 0 Å². The Kier molecular flexibility index (Phi) is 1.40. The molecule has 0 bridgehead atoms. The predicted octanol–water partition coefficient (Wildman–Crippen LogP) is 0.431. The number of nitrogens with zero attached hydrogens (tertiary/aromatic N) is 3. The molecule has 0 aliphatic carbocycles. The van der Waals surface area contributed by atoms with Gasteiger partial charge >= 0.3 is 0 Å². The smallest absolute Gasteiger partial charge is 0.267 e. The summed E-state index contributed by atoms with van der Waals surface area (Å²) in [5.74, 6) is 0. The van der Waals surface area contributed by atoms with Crippen molar-refractivity contribution in [2.75, 3.05) is 0 Å². The van der Waals surface area contributed by atoms with Gasteiger partial charge in [0.25, 0.3) is 5.56 Å². The van der Waals surface area contributed by atoms with Crippen molar-refractivity contribution < 1.29 is 0 Å². The first-order chi connectivity index (χ1) is 5.79. The number of benzene rings is 1. The van der Waals surface area contributed by atoms with Gasteiger partial charge in [-0.05, 0) is 12.1 Å². The second-order valence-electron chi connectivity index (χ2n) is 2.41. The summed E-state index contributed by atoms with van der Waals surface area (Å²) in [5.41, 5.74) is 0.378. The third-order valence-corrected chi connectivity index (χ3v) is 1.63. The molecule has 1 radical (unpaired) electrons. The molecule has 0 N–H and O–H groups in total. The van der Waals surface area contributed by atoms with Gasteiger partial charge in [-0.15, -0.1) is 5.10 Å². The molecule has 12 heavy (non-hydrogen) atoms. The van der Waals surface area contributed by atoms with Crippen LogP contribution < -0.4 is 5.56 Å². The quantitative estimate of drug-likeness (QED) is 0.561. The van der Waals surface area contributed by atoms with Crippen molar-refractivity contribution in [1.29, 1.82) is 0 Å². The Morgan fingerprint density at radius 2 is 2.08 bits per heavy atom. The maximum absolute atomic E-state index is 11.3. The van der Waals surface area contributed by atoms with E-state index in [2.05, 4.69) is 17.4 Å². The average Bonchev–Trinajstić information content (AvgIpc) is 2.12. The van der Waals surface area contributed by atoms with Crippen LogP contribution in [0.4, 0.5) is 0 Å². The van der Waals surface area contributed by atoms with Crippen molar-refractivity contribution in [3.05, 3.63) is 41.7 Å². The van der Waals surface area contributed by atoms with Gasteiger partial charge in [-0.25, -0.2) is 4.68 Å². The van der Waals surface area contributed by atoms with E-state index in [9.17, 15) is 4.79 Å². The van der Waals surface area contributed by atoms with Gasteiger partial charge in [-0.3, -0.25) is 4.79 Å². The van der Waals surface area contributed by atoms with E-state index in [0.717, 1.165) is 4.68 Å². The fraction of sp³-hybridized carbons (Fsp3) is 0. The molecule has 0 aliphatic rings. The van der Waals surface area contributed by atoms with Crippen LogP contribution in [0, 0.1) is 7.05 Å². The van der Waals surface area contributed by atoms with Crippen LogP contribution in [0.1, 0.15) is 0 Å². The van der Waals surface area contributed by atoms with Gasteiger partial charge in [0.1, 0.15) is 5.52 Å². The molecule has 0 unspecified atom stereocenters. The van der Waals surface area contributed by atoms with Crippen LogP contribution in [0.25, 0.3) is 10.9 Å². The molecule has 1 aromatic heterocycles. The zero-order chi connectivity index (χ0) is 8.55. The second-order valence-corrected chi connectivity index (χ2v) is 2.41.